The number of carboxylic acids is 2. The molecule has 0 amide bonds. The van der Waals surface area contributed by atoms with Gasteiger partial charge < -0.3 is 42.2 Å². The van der Waals surface area contributed by atoms with Crippen LogP contribution in [-0.2, 0) is 19.1 Å². The number of aliphatic carboxylic acids is 2. The SMILES string of the molecule is N.N.O=C(O)CCCCC(=O)O.OCCOCCOCCO. The average Bonchev–Trinajstić information content (AvgIpc) is 2.39. The van der Waals surface area contributed by atoms with Crippen molar-refractivity contribution in [1.82, 2.24) is 12.3 Å². The Morgan fingerprint density at radius 3 is 1.23 bits per heavy atom. The van der Waals surface area contributed by atoms with Crippen LogP contribution in [0.2, 0.25) is 0 Å². The van der Waals surface area contributed by atoms with Crippen molar-refractivity contribution < 1.29 is 39.5 Å². The van der Waals surface area contributed by atoms with E-state index in [4.69, 9.17) is 29.9 Å². The summed E-state index contributed by atoms with van der Waals surface area (Å²) in [6.07, 6.45) is 1.02. The van der Waals surface area contributed by atoms with Gasteiger partial charge in [-0.3, -0.25) is 9.59 Å². The Labute approximate surface area is 130 Å². The van der Waals surface area contributed by atoms with Gasteiger partial charge in [0.15, 0.2) is 0 Å². The Morgan fingerprint density at radius 1 is 0.682 bits per heavy atom. The van der Waals surface area contributed by atoms with Crippen LogP contribution in [0.15, 0.2) is 0 Å². The molecule has 0 aliphatic rings. The summed E-state index contributed by atoms with van der Waals surface area (Å²) in [6.45, 7) is 1.73. The molecule has 10 heteroatoms. The molecular formula is C12H30N2O8. The van der Waals surface area contributed by atoms with Gasteiger partial charge in [-0.25, -0.2) is 0 Å². The zero-order valence-corrected chi connectivity index (χ0v) is 12.9. The fourth-order valence-electron chi connectivity index (χ4n) is 1.00. The van der Waals surface area contributed by atoms with Crippen molar-refractivity contribution in [1.29, 1.82) is 0 Å². The van der Waals surface area contributed by atoms with E-state index >= 15 is 0 Å². The van der Waals surface area contributed by atoms with Gasteiger partial charge in [-0.05, 0) is 12.8 Å². The molecule has 0 atom stereocenters. The maximum absolute atomic E-state index is 9.90. The van der Waals surface area contributed by atoms with Gasteiger partial charge in [-0.15, -0.1) is 0 Å². The zero-order chi connectivity index (χ0) is 15.6. The van der Waals surface area contributed by atoms with E-state index in [9.17, 15) is 9.59 Å². The Hall–Kier alpha value is -1.30. The largest absolute Gasteiger partial charge is 0.481 e. The predicted octanol–water partition coefficient (Wildman–Crippen LogP) is 0.0442. The Kier molecular flexibility index (Phi) is 32.3. The molecule has 0 aliphatic carbocycles. The van der Waals surface area contributed by atoms with Crippen LogP contribution in [0.1, 0.15) is 25.7 Å². The molecule has 0 saturated carbocycles. The summed E-state index contributed by atoms with van der Waals surface area (Å²) < 4.78 is 9.75. The number of rotatable bonds is 12. The van der Waals surface area contributed by atoms with E-state index in [1.807, 2.05) is 0 Å². The minimum atomic E-state index is -0.870. The number of carboxylic acid groups (broad SMARTS) is 2. The average molecular weight is 330 g/mol. The van der Waals surface area contributed by atoms with Crippen molar-refractivity contribution in [3.05, 3.63) is 0 Å². The van der Waals surface area contributed by atoms with Gasteiger partial charge in [-0.2, -0.15) is 0 Å². The maximum atomic E-state index is 9.90. The molecule has 10 nitrogen and oxygen atoms in total. The standard InChI is InChI=1S/C6H14O4.C6H10O4.2H3N/c7-1-3-9-5-6-10-4-2-8;7-5(8)3-1-2-4-6(9)10;;/h7-8H,1-6H2;1-4H2,(H,7,8)(H,9,10);2*1H3. The van der Waals surface area contributed by atoms with Crippen LogP contribution in [0.3, 0.4) is 0 Å². The Balaban J connectivity index is -0.000000135. The van der Waals surface area contributed by atoms with Crippen molar-refractivity contribution in [2.24, 2.45) is 0 Å². The fraction of sp³-hybridized carbons (Fsp3) is 0.833. The Morgan fingerprint density at radius 2 is 1.00 bits per heavy atom. The molecule has 0 radical (unpaired) electrons. The molecule has 0 heterocycles. The summed E-state index contributed by atoms with van der Waals surface area (Å²) in [5.74, 6) is -1.74. The first kappa shape index (κ1) is 28.8. The highest BCUT2D eigenvalue weighted by atomic mass is 16.5. The van der Waals surface area contributed by atoms with Crippen molar-refractivity contribution in [2.45, 2.75) is 25.7 Å². The van der Waals surface area contributed by atoms with Crippen molar-refractivity contribution in [3.63, 3.8) is 0 Å². The molecule has 0 aromatic carbocycles. The van der Waals surface area contributed by atoms with Crippen molar-refractivity contribution in [2.75, 3.05) is 39.6 Å². The molecule has 0 rings (SSSR count). The Bertz CT molecular complexity index is 217. The molecular weight excluding hydrogens is 300 g/mol. The van der Waals surface area contributed by atoms with Gasteiger partial charge in [0.1, 0.15) is 0 Å². The molecule has 0 unspecified atom stereocenters. The summed E-state index contributed by atoms with van der Waals surface area (Å²) in [5, 5.41) is 32.8. The van der Waals surface area contributed by atoms with E-state index in [-0.39, 0.29) is 38.4 Å². The first-order valence-corrected chi connectivity index (χ1v) is 6.35. The van der Waals surface area contributed by atoms with E-state index in [2.05, 4.69) is 0 Å². The molecule has 0 saturated heterocycles. The van der Waals surface area contributed by atoms with E-state index in [0.717, 1.165) is 0 Å². The highest BCUT2D eigenvalue weighted by molar-refractivity contribution is 5.67. The molecule has 0 aromatic rings. The predicted molar refractivity (Wildman–Crippen MR) is 79.6 cm³/mol. The normalized spacial score (nSPS) is 8.82. The van der Waals surface area contributed by atoms with E-state index < -0.39 is 11.9 Å². The van der Waals surface area contributed by atoms with Crippen LogP contribution >= 0.6 is 0 Å². The molecule has 10 N–H and O–H groups in total. The topological polar surface area (TPSA) is 204 Å². The van der Waals surface area contributed by atoms with Crippen LogP contribution in [0, 0.1) is 0 Å². The minimum absolute atomic E-state index is 0. The third kappa shape index (κ3) is 36.3. The van der Waals surface area contributed by atoms with E-state index in [1.54, 1.807) is 0 Å². The fourth-order valence-corrected chi connectivity index (χ4v) is 1.00. The van der Waals surface area contributed by atoms with Crippen LogP contribution in [-0.4, -0.2) is 72.0 Å². The lowest BCUT2D eigenvalue weighted by Crippen LogP contribution is -2.09. The van der Waals surface area contributed by atoms with Crippen LogP contribution in [0.5, 0.6) is 0 Å². The molecule has 136 valence electrons. The van der Waals surface area contributed by atoms with Gasteiger partial charge in [-0.1, -0.05) is 0 Å². The molecule has 0 aromatic heterocycles. The highest BCUT2D eigenvalue weighted by Crippen LogP contribution is 1.98. The second-order valence-electron chi connectivity index (χ2n) is 3.67. The van der Waals surface area contributed by atoms with Gasteiger partial charge in [0.05, 0.1) is 39.6 Å². The van der Waals surface area contributed by atoms with Crippen molar-refractivity contribution in [3.8, 4) is 0 Å². The first-order chi connectivity index (χ1) is 9.54. The van der Waals surface area contributed by atoms with Gasteiger partial charge in [0.2, 0.25) is 0 Å². The summed E-state index contributed by atoms with van der Waals surface area (Å²) in [4.78, 5) is 19.8. The maximum Gasteiger partial charge on any atom is 0.303 e. The quantitative estimate of drug-likeness (QED) is 0.265. The molecule has 0 aliphatic heterocycles. The lowest BCUT2D eigenvalue weighted by atomic mass is 10.2. The van der Waals surface area contributed by atoms with Crippen molar-refractivity contribution >= 4 is 11.9 Å². The number of carbonyl (C=O) groups is 2. The number of ether oxygens (including phenoxy) is 2. The van der Waals surface area contributed by atoms with Crippen LogP contribution in [0.4, 0.5) is 0 Å². The third-order valence-corrected chi connectivity index (χ3v) is 1.87. The molecule has 0 fully saturated rings. The van der Waals surface area contributed by atoms with E-state index in [0.29, 0.717) is 39.3 Å². The molecule has 0 bridgehead atoms. The second-order valence-corrected chi connectivity index (χ2v) is 3.67. The highest BCUT2D eigenvalue weighted by Gasteiger charge is 1.99. The summed E-state index contributed by atoms with van der Waals surface area (Å²) in [6, 6.07) is 0. The number of hydrogen-bond acceptors (Lipinski definition) is 8. The minimum Gasteiger partial charge on any atom is -0.481 e. The first-order valence-electron chi connectivity index (χ1n) is 6.35. The number of aliphatic hydroxyl groups is 2. The molecule has 0 spiro atoms. The lowest BCUT2D eigenvalue weighted by molar-refractivity contribution is -0.139. The summed E-state index contributed by atoms with van der Waals surface area (Å²) in [5.41, 5.74) is 0. The third-order valence-electron chi connectivity index (χ3n) is 1.87. The monoisotopic (exact) mass is 330 g/mol. The van der Waals surface area contributed by atoms with Gasteiger partial charge in [0, 0.05) is 12.8 Å². The van der Waals surface area contributed by atoms with Crippen LogP contribution in [0.25, 0.3) is 0 Å². The number of unbranched alkanes of at least 4 members (excludes halogenated alkanes) is 1. The smallest absolute Gasteiger partial charge is 0.303 e. The van der Waals surface area contributed by atoms with Gasteiger partial charge >= 0.3 is 11.9 Å². The lowest BCUT2D eigenvalue weighted by Gasteiger charge is -2.01. The summed E-state index contributed by atoms with van der Waals surface area (Å²) >= 11 is 0. The summed E-state index contributed by atoms with van der Waals surface area (Å²) in [7, 11) is 0. The number of aliphatic hydroxyl groups excluding tert-OH is 2. The number of hydrogen-bond donors (Lipinski definition) is 6. The molecule has 22 heavy (non-hydrogen) atoms. The second kappa shape index (κ2) is 24.7. The van der Waals surface area contributed by atoms with Gasteiger partial charge in [0.25, 0.3) is 0 Å². The van der Waals surface area contributed by atoms with E-state index in [1.165, 1.54) is 0 Å². The zero-order valence-electron chi connectivity index (χ0n) is 12.9. The van der Waals surface area contributed by atoms with Crippen LogP contribution < -0.4 is 12.3 Å².